The molecule has 1 fully saturated rings. The molecule has 44 heavy (non-hydrogen) atoms. The second-order valence-corrected chi connectivity index (χ2v) is 11.3. The Kier molecular flexibility index (Phi) is 8.81. The van der Waals surface area contributed by atoms with Crippen LogP contribution in [0.1, 0.15) is 32.7 Å². The molecule has 4 aromatic rings. The summed E-state index contributed by atoms with van der Waals surface area (Å²) in [6.45, 7) is 8.92. The third-order valence-corrected chi connectivity index (χ3v) is 7.89. The highest BCUT2D eigenvalue weighted by molar-refractivity contribution is 5.99. The Balaban J connectivity index is 1.54. The molecular weight excluding hydrogens is 560 g/mol. The van der Waals surface area contributed by atoms with Gasteiger partial charge in [0, 0.05) is 48.8 Å². The number of aromatic nitrogens is 4. The van der Waals surface area contributed by atoms with Crippen LogP contribution in [0.4, 0.5) is 23.0 Å². The number of hydrogen-bond donors (Lipinski definition) is 2. The number of piperidine rings is 1. The van der Waals surface area contributed by atoms with Gasteiger partial charge in [-0.2, -0.15) is 4.98 Å². The van der Waals surface area contributed by atoms with Gasteiger partial charge < -0.3 is 25.2 Å². The summed E-state index contributed by atoms with van der Waals surface area (Å²) in [5, 5.41) is 6.08. The number of hydrogen-bond acceptors (Lipinski definition) is 9. The predicted octanol–water partition coefficient (Wildman–Crippen LogP) is 3.93. The molecule has 0 unspecified atom stereocenters. The molecule has 0 saturated carbocycles. The molecule has 0 spiro atoms. The molecule has 0 atom stereocenters. The van der Waals surface area contributed by atoms with Crippen molar-refractivity contribution in [2.75, 3.05) is 49.8 Å². The molecule has 2 aromatic heterocycles. The normalized spacial score (nSPS) is 13.8. The summed E-state index contributed by atoms with van der Waals surface area (Å²) >= 11 is 0. The van der Waals surface area contributed by atoms with Gasteiger partial charge >= 0.3 is 5.69 Å². The van der Waals surface area contributed by atoms with E-state index in [0.717, 1.165) is 42.3 Å². The van der Waals surface area contributed by atoms with Gasteiger partial charge in [0.05, 0.1) is 18.5 Å². The lowest BCUT2D eigenvalue weighted by Crippen LogP contribution is -2.41. The highest BCUT2D eigenvalue weighted by Crippen LogP contribution is 2.33. The first-order chi connectivity index (χ1) is 21.1. The molecule has 0 radical (unpaired) electrons. The highest BCUT2D eigenvalue weighted by atomic mass is 16.5. The van der Waals surface area contributed by atoms with Crippen molar-refractivity contribution in [3.05, 3.63) is 82.2 Å². The third kappa shape index (κ3) is 6.06. The van der Waals surface area contributed by atoms with Crippen molar-refractivity contribution in [3.8, 4) is 11.4 Å². The van der Waals surface area contributed by atoms with E-state index in [1.165, 1.54) is 10.8 Å². The number of methoxy groups -OCH3 is 1. The summed E-state index contributed by atoms with van der Waals surface area (Å²) in [5.74, 6) is 0.402. The second-order valence-electron chi connectivity index (χ2n) is 11.3. The first-order valence-corrected chi connectivity index (χ1v) is 14.6. The average Bonchev–Trinajstić information content (AvgIpc) is 3.01. The third-order valence-electron chi connectivity index (χ3n) is 7.89. The minimum absolute atomic E-state index is 0.126. The SMILES string of the molecule is C=CC(=O)Nc1cccc(-n2c(=O)n(C(C)C)c(=O)c3cnc(Nc4ccc(N5CCC(N(C)C)CC5)cc4OC)nc32)c1. The smallest absolute Gasteiger partial charge is 0.337 e. The Bertz CT molecular complexity index is 1820. The quantitative estimate of drug-likeness (QED) is 0.276. The zero-order valence-electron chi connectivity index (χ0n) is 25.7. The van der Waals surface area contributed by atoms with Crippen LogP contribution in [0.2, 0.25) is 0 Å². The lowest BCUT2D eigenvalue weighted by molar-refractivity contribution is -0.111. The Labute approximate surface area is 255 Å². The van der Waals surface area contributed by atoms with E-state index < -0.39 is 23.2 Å². The average molecular weight is 599 g/mol. The standard InChI is InChI=1S/C32H38N8O4/c1-7-28(41)34-21-9-8-10-24(17-21)40-29-25(30(42)39(20(2)3)32(40)43)19-33-31(36-29)35-26-12-11-23(18-27(26)44-6)38-15-13-22(14-16-38)37(4)5/h7-12,17-20,22H,1,13-16H2,2-6H3,(H,34,41)(H,33,35,36). The van der Waals surface area contributed by atoms with E-state index in [1.54, 1.807) is 45.2 Å². The van der Waals surface area contributed by atoms with Gasteiger partial charge in [0.1, 0.15) is 11.1 Å². The highest BCUT2D eigenvalue weighted by Gasteiger charge is 2.22. The Morgan fingerprint density at radius 3 is 2.52 bits per heavy atom. The molecule has 12 heteroatoms. The summed E-state index contributed by atoms with van der Waals surface area (Å²) in [5.41, 5.74) is 1.65. The minimum Gasteiger partial charge on any atom is -0.494 e. The Morgan fingerprint density at radius 2 is 1.86 bits per heavy atom. The number of nitrogens with zero attached hydrogens (tertiary/aromatic N) is 6. The minimum atomic E-state index is -0.561. The monoisotopic (exact) mass is 598 g/mol. The lowest BCUT2D eigenvalue weighted by Gasteiger charge is -2.36. The summed E-state index contributed by atoms with van der Waals surface area (Å²) in [4.78, 5) is 52.8. The van der Waals surface area contributed by atoms with Crippen LogP contribution in [0.25, 0.3) is 16.7 Å². The van der Waals surface area contributed by atoms with Crippen LogP contribution in [0.3, 0.4) is 0 Å². The number of carbonyl (C=O) groups excluding carboxylic acids is 1. The largest absolute Gasteiger partial charge is 0.494 e. The Hall–Kier alpha value is -4.97. The van der Waals surface area contributed by atoms with Gasteiger partial charge in [0.25, 0.3) is 5.56 Å². The molecule has 0 aliphatic carbocycles. The predicted molar refractivity (Wildman–Crippen MR) is 174 cm³/mol. The van der Waals surface area contributed by atoms with Crippen molar-refractivity contribution in [3.63, 3.8) is 0 Å². The lowest BCUT2D eigenvalue weighted by atomic mass is 10.0. The van der Waals surface area contributed by atoms with Gasteiger partial charge in [-0.1, -0.05) is 12.6 Å². The van der Waals surface area contributed by atoms with Crippen molar-refractivity contribution in [2.24, 2.45) is 0 Å². The van der Waals surface area contributed by atoms with E-state index in [1.807, 2.05) is 18.2 Å². The molecule has 1 saturated heterocycles. The van der Waals surface area contributed by atoms with Crippen LogP contribution >= 0.6 is 0 Å². The summed E-state index contributed by atoms with van der Waals surface area (Å²) < 4.78 is 8.24. The molecule has 1 aliphatic heterocycles. The van der Waals surface area contributed by atoms with Crippen molar-refractivity contribution < 1.29 is 9.53 Å². The van der Waals surface area contributed by atoms with Gasteiger partial charge in [-0.15, -0.1) is 0 Å². The summed E-state index contributed by atoms with van der Waals surface area (Å²) in [7, 11) is 5.85. The molecule has 0 bridgehead atoms. The molecular formula is C32H38N8O4. The van der Waals surface area contributed by atoms with E-state index in [-0.39, 0.29) is 17.0 Å². The number of anilines is 4. The van der Waals surface area contributed by atoms with E-state index in [2.05, 4.69) is 51.1 Å². The number of ether oxygens (including phenoxy) is 1. The topological polar surface area (TPSA) is 127 Å². The fourth-order valence-corrected chi connectivity index (χ4v) is 5.51. The maximum absolute atomic E-state index is 13.8. The molecule has 5 rings (SSSR count). The molecule has 12 nitrogen and oxygen atoms in total. The number of carbonyl (C=O) groups is 1. The molecule has 2 N–H and O–H groups in total. The number of fused-ring (bicyclic) bond motifs is 1. The van der Waals surface area contributed by atoms with Gasteiger partial charge in [0.15, 0.2) is 5.65 Å². The molecule has 2 aromatic carbocycles. The number of amides is 1. The van der Waals surface area contributed by atoms with E-state index in [9.17, 15) is 14.4 Å². The number of benzene rings is 2. The van der Waals surface area contributed by atoms with Gasteiger partial charge in [0.2, 0.25) is 11.9 Å². The first kappa shape index (κ1) is 30.5. The van der Waals surface area contributed by atoms with Crippen LogP contribution in [0, 0.1) is 0 Å². The van der Waals surface area contributed by atoms with Crippen LogP contribution in [-0.2, 0) is 4.79 Å². The molecule has 3 heterocycles. The fraction of sp³-hybridized carbons (Fsp3) is 0.344. The molecule has 230 valence electrons. The maximum Gasteiger partial charge on any atom is 0.337 e. The summed E-state index contributed by atoms with van der Waals surface area (Å²) in [6.07, 6.45) is 4.75. The van der Waals surface area contributed by atoms with Crippen molar-refractivity contribution >= 4 is 40.0 Å². The number of rotatable bonds is 9. The Morgan fingerprint density at radius 1 is 1.11 bits per heavy atom. The molecule has 1 aliphatic rings. The van der Waals surface area contributed by atoms with Gasteiger partial charge in [-0.25, -0.2) is 14.3 Å². The van der Waals surface area contributed by atoms with E-state index in [0.29, 0.717) is 28.9 Å². The van der Waals surface area contributed by atoms with Crippen LogP contribution < -0.4 is 31.5 Å². The zero-order chi connectivity index (χ0) is 31.5. The fourth-order valence-electron chi connectivity index (χ4n) is 5.51. The summed E-state index contributed by atoms with van der Waals surface area (Å²) in [6, 6.07) is 12.8. The van der Waals surface area contributed by atoms with Crippen LogP contribution in [0.5, 0.6) is 5.75 Å². The van der Waals surface area contributed by atoms with Crippen LogP contribution in [-0.4, -0.2) is 70.2 Å². The van der Waals surface area contributed by atoms with Gasteiger partial charge in [-0.05, 0) is 77.2 Å². The van der Waals surface area contributed by atoms with Crippen molar-refractivity contribution in [2.45, 2.75) is 38.8 Å². The van der Waals surface area contributed by atoms with Crippen molar-refractivity contribution in [1.29, 1.82) is 0 Å². The zero-order valence-corrected chi connectivity index (χ0v) is 25.7. The van der Waals surface area contributed by atoms with Crippen LogP contribution in [0.15, 0.2) is 70.9 Å². The maximum atomic E-state index is 13.8. The van der Waals surface area contributed by atoms with E-state index >= 15 is 0 Å². The first-order valence-electron chi connectivity index (χ1n) is 14.6. The second kappa shape index (κ2) is 12.7. The number of nitrogens with one attached hydrogen (secondary N) is 2. The van der Waals surface area contributed by atoms with Crippen molar-refractivity contribution in [1.82, 2.24) is 24.0 Å². The van der Waals surface area contributed by atoms with Gasteiger partial charge in [-0.3, -0.25) is 14.2 Å². The molecule has 1 amide bonds. The van der Waals surface area contributed by atoms with E-state index in [4.69, 9.17) is 4.74 Å².